The minimum absolute atomic E-state index is 0.0922. The predicted molar refractivity (Wildman–Crippen MR) is 79.0 cm³/mol. The van der Waals surface area contributed by atoms with Crippen LogP contribution in [0.5, 0.6) is 0 Å². The fourth-order valence-corrected chi connectivity index (χ4v) is 7.00. The number of ether oxygens (including phenoxy) is 3. The molecule has 0 radical (unpaired) electrons. The molecule has 4 bridgehead atoms. The zero-order valence-corrected chi connectivity index (χ0v) is 13.3. The number of hydrogen-bond donors (Lipinski definition) is 0. The fourth-order valence-electron chi connectivity index (χ4n) is 3.54. The van der Waals surface area contributed by atoms with Crippen LogP contribution >= 0.6 is 7.92 Å². The monoisotopic (exact) mass is 292 g/mol. The molecule has 1 aromatic carbocycles. The second-order valence-electron chi connectivity index (χ2n) is 7.16. The Morgan fingerprint density at radius 2 is 1.30 bits per heavy atom. The van der Waals surface area contributed by atoms with Gasteiger partial charge in [-0.2, -0.15) is 0 Å². The largest absolute Gasteiger partial charge is 0.343 e. The van der Waals surface area contributed by atoms with Gasteiger partial charge < -0.3 is 14.2 Å². The Morgan fingerprint density at radius 1 is 0.800 bits per heavy atom. The number of rotatable bonds is 1. The first-order chi connectivity index (χ1) is 9.42. The molecule has 3 nitrogen and oxygen atoms in total. The molecule has 0 N–H and O–H groups in total. The molecule has 0 unspecified atom stereocenters. The van der Waals surface area contributed by atoms with Crippen molar-refractivity contribution in [1.29, 1.82) is 0 Å². The van der Waals surface area contributed by atoms with Crippen LogP contribution in [0.1, 0.15) is 27.7 Å². The zero-order chi connectivity index (χ0) is 14.1. The van der Waals surface area contributed by atoms with Crippen molar-refractivity contribution in [2.24, 2.45) is 10.8 Å². The lowest BCUT2D eigenvalue weighted by Crippen LogP contribution is -2.69. The summed E-state index contributed by atoms with van der Waals surface area (Å²) in [6, 6.07) is 10.7. The Kier molecular flexibility index (Phi) is 2.67. The van der Waals surface area contributed by atoms with Crippen molar-refractivity contribution in [2.75, 3.05) is 0 Å². The van der Waals surface area contributed by atoms with E-state index >= 15 is 0 Å². The van der Waals surface area contributed by atoms with Crippen molar-refractivity contribution >= 4 is 13.2 Å². The standard InChI is InChI=1S/C16H21O3P/c1-15(2)11-17-12-16(3,4)14(18-11)20(13(15)19-12)10-8-6-5-7-9-10/h5-9,11-14H,1-4H3/t11-,12-,13+,14+/m1/s1. The summed E-state index contributed by atoms with van der Waals surface area (Å²) in [5, 5.41) is 1.37. The molecule has 108 valence electrons. The summed E-state index contributed by atoms with van der Waals surface area (Å²) in [5.41, 5.74) is -0.184. The smallest absolute Gasteiger partial charge is 0.169 e. The Bertz CT molecular complexity index is 500. The maximum Gasteiger partial charge on any atom is 0.169 e. The van der Waals surface area contributed by atoms with Crippen LogP contribution in [0.4, 0.5) is 0 Å². The summed E-state index contributed by atoms with van der Waals surface area (Å²) in [6.07, 6.45) is -0.265. The van der Waals surface area contributed by atoms with E-state index in [-0.39, 0.29) is 35.1 Å². The van der Waals surface area contributed by atoms with E-state index in [9.17, 15) is 0 Å². The summed E-state index contributed by atoms with van der Waals surface area (Å²) < 4.78 is 18.7. The molecule has 0 aromatic heterocycles. The third kappa shape index (κ3) is 1.55. The van der Waals surface area contributed by atoms with Crippen LogP contribution in [-0.4, -0.2) is 24.3 Å². The lowest BCUT2D eigenvalue weighted by molar-refractivity contribution is -0.426. The first-order valence-electron chi connectivity index (χ1n) is 7.22. The van der Waals surface area contributed by atoms with Gasteiger partial charge >= 0.3 is 0 Å². The highest BCUT2D eigenvalue weighted by Gasteiger charge is 2.67. The van der Waals surface area contributed by atoms with Gasteiger partial charge in [0.2, 0.25) is 0 Å². The highest BCUT2D eigenvalue weighted by molar-refractivity contribution is 7.66. The maximum atomic E-state index is 6.35. The topological polar surface area (TPSA) is 27.7 Å². The molecule has 4 atom stereocenters. The third-order valence-corrected chi connectivity index (χ3v) is 8.28. The second kappa shape index (κ2) is 4.04. The molecule has 4 heterocycles. The maximum absolute atomic E-state index is 6.35. The van der Waals surface area contributed by atoms with E-state index in [0.29, 0.717) is 0 Å². The molecule has 0 saturated carbocycles. The highest BCUT2D eigenvalue weighted by Crippen LogP contribution is 2.70. The molecule has 5 rings (SSSR count). The van der Waals surface area contributed by atoms with Crippen molar-refractivity contribution < 1.29 is 14.2 Å². The van der Waals surface area contributed by atoms with Gasteiger partial charge in [-0.15, -0.1) is 0 Å². The Balaban J connectivity index is 1.82. The Labute approximate surface area is 121 Å². The van der Waals surface area contributed by atoms with E-state index in [0.717, 1.165) is 0 Å². The van der Waals surface area contributed by atoms with E-state index in [2.05, 4.69) is 58.0 Å². The Hall–Kier alpha value is -0.470. The molecule has 0 spiro atoms. The van der Waals surface area contributed by atoms with Gasteiger partial charge in [0.05, 0.1) is 11.7 Å². The molecular weight excluding hydrogens is 271 g/mol. The number of benzene rings is 1. The molecule has 4 fully saturated rings. The van der Waals surface area contributed by atoms with Gasteiger partial charge in [0.25, 0.3) is 0 Å². The van der Waals surface area contributed by atoms with E-state index in [1.54, 1.807) is 0 Å². The lowest BCUT2D eigenvalue weighted by Gasteiger charge is -2.66. The average molecular weight is 292 g/mol. The summed E-state index contributed by atoms with van der Waals surface area (Å²) in [5.74, 6) is 0.436. The highest BCUT2D eigenvalue weighted by atomic mass is 31.1. The quantitative estimate of drug-likeness (QED) is 0.744. The van der Waals surface area contributed by atoms with Crippen LogP contribution in [0.25, 0.3) is 0 Å². The average Bonchev–Trinajstić information content (AvgIpc) is 2.37. The van der Waals surface area contributed by atoms with Gasteiger partial charge in [0.1, 0.15) is 0 Å². The SMILES string of the molecule is CC1(C)[C@@H]2O[C@@H]3O[C@H]1P(c1ccccc1)[C@H](O2)C3(C)C. The second-order valence-corrected chi connectivity index (χ2v) is 9.43. The van der Waals surface area contributed by atoms with Crippen molar-refractivity contribution in [3.05, 3.63) is 30.3 Å². The van der Waals surface area contributed by atoms with Gasteiger partial charge in [-0.3, -0.25) is 0 Å². The summed E-state index contributed by atoms with van der Waals surface area (Å²) in [4.78, 5) is 0. The van der Waals surface area contributed by atoms with Gasteiger partial charge in [0, 0.05) is 10.8 Å². The van der Waals surface area contributed by atoms with Crippen LogP contribution in [0, 0.1) is 10.8 Å². The van der Waals surface area contributed by atoms with Crippen LogP contribution in [0.3, 0.4) is 0 Å². The van der Waals surface area contributed by atoms with Gasteiger partial charge in [-0.05, 0) is 13.2 Å². The Morgan fingerprint density at radius 3 is 1.80 bits per heavy atom. The van der Waals surface area contributed by atoms with Gasteiger partial charge in [-0.25, -0.2) is 0 Å². The molecule has 0 aliphatic carbocycles. The summed E-state index contributed by atoms with van der Waals surface area (Å²) in [7, 11) is -0.501. The summed E-state index contributed by atoms with van der Waals surface area (Å²) in [6.45, 7) is 8.80. The summed E-state index contributed by atoms with van der Waals surface area (Å²) >= 11 is 0. The van der Waals surface area contributed by atoms with Crippen LogP contribution < -0.4 is 5.30 Å². The minimum atomic E-state index is -0.501. The molecule has 1 aromatic rings. The van der Waals surface area contributed by atoms with Crippen LogP contribution in [0.2, 0.25) is 0 Å². The zero-order valence-electron chi connectivity index (χ0n) is 12.4. The van der Waals surface area contributed by atoms with Crippen molar-refractivity contribution in [1.82, 2.24) is 0 Å². The lowest BCUT2D eigenvalue weighted by atomic mass is 9.85. The van der Waals surface area contributed by atoms with Gasteiger partial charge in [-0.1, -0.05) is 58.0 Å². The van der Waals surface area contributed by atoms with Crippen LogP contribution in [-0.2, 0) is 14.2 Å². The van der Waals surface area contributed by atoms with Crippen molar-refractivity contribution in [2.45, 2.75) is 52.0 Å². The van der Waals surface area contributed by atoms with E-state index in [1.807, 2.05) is 0 Å². The van der Waals surface area contributed by atoms with Gasteiger partial charge in [0.15, 0.2) is 12.6 Å². The molecule has 20 heavy (non-hydrogen) atoms. The first-order valence-corrected chi connectivity index (χ1v) is 8.70. The fraction of sp³-hybridized carbons (Fsp3) is 0.625. The van der Waals surface area contributed by atoms with E-state index < -0.39 is 7.92 Å². The van der Waals surface area contributed by atoms with E-state index in [4.69, 9.17) is 14.2 Å². The first kappa shape index (κ1) is 13.2. The molecule has 4 saturated heterocycles. The molecule has 4 aliphatic heterocycles. The van der Waals surface area contributed by atoms with Crippen LogP contribution in [0.15, 0.2) is 30.3 Å². The van der Waals surface area contributed by atoms with E-state index in [1.165, 1.54) is 5.30 Å². The molecular formula is C16H21O3P. The number of hydrogen-bond acceptors (Lipinski definition) is 3. The molecule has 4 heteroatoms. The predicted octanol–water partition coefficient (Wildman–Crippen LogP) is 3.24. The minimum Gasteiger partial charge on any atom is -0.343 e. The molecule has 4 aliphatic rings. The molecule has 0 amide bonds. The van der Waals surface area contributed by atoms with Crippen molar-refractivity contribution in [3.63, 3.8) is 0 Å². The van der Waals surface area contributed by atoms with Crippen molar-refractivity contribution in [3.8, 4) is 0 Å². The third-order valence-electron chi connectivity index (χ3n) is 4.80. The normalized spacial score (nSPS) is 43.7.